The highest BCUT2D eigenvalue weighted by atomic mass is 19.4. The zero-order chi connectivity index (χ0) is 19.7. The summed E-state index contributed by atoms with van der Waals surface area (Å²) >= 11 is 0. The molecular weight excluding hydrogens is 369 g/mol. The number of morpholine rings is 1. The summed E-state index contributed by atoms with van der Waals surface area (Å²) in [5, 5.41) is 0. The van der Waals surface area contributed by atoms with E-state index in [-0.39, 0.29) is 29.3 Å². The van der Waals surface area contributed by atoms with Crippen molar-refractivity contribution in [2.45, 2.75) is 37.6 Å². The Hall–Kier alpha value is -2.25. The molecule has 0 spiro atoms. The van der Waals surface area contributed by atoms with E-state index in [2.05, 4.69) is 22.0 Å². The summed E-state index contributed by atoms with van der Waals surface area (Å²) in [6.07, 6.45) is -2.32. The first-order valence-corrected chi connectivity index (χ1v) is 9.36. The number of ketones is 1. The van der Waals surface area contributed by atoms with E-state index in [1.165, 1.54) is 11.6 Å². The summed E-state index contributed by atoms with van der Waals surface area (Å²) in [4.78, 5) is 18.6. The maximum absolute atomic E-state index is 12.9. The number of carbonyl (C=O) groups excluding carboxylic acids is 1. The van der Waals surface area contributed by atoms with Crippen LogP contribution >= 0.6 is 0 Å². The van der Waals surface area contributed by atoms with Gasteiger partial charge in [0.15, 0.2) is 5.78 Å². The molecule has 28 heavy (non-hydrogen) atoms. The van der Waals surface area contributed by atoms with Crippen LogP contribution in [0.25, 0.3) is 0 Å². The highest BCUT2D eigenvalue weighted by Gasteiger charge is 2.42. The van der Waals surface area contributed by atoms with Crippen LogP contribution in [0.4, 0.5) is 13.2 Å². The molecule has 2 aromatic rings. The molecular formula is C21H21F3N2O2. The number of pyridine rings is 1. The lowest BCUT2D eigenvalue weighted by molar-refractivity contribution is -0.141. The van der Waals surface area contributed by atoms with Gasteiger partial charge in [-0.3, -0.25) is 14.7 Å². The molecule has 2 bridgehead atoms. The van der Waals surface area contributed by atoms with Crippen molar-refractivity contribution in [1.29, 1.82) is 0 Å². The fraction of sp³-hybridized carbons (Fsp3) is 0.429. The average Bonchev–Trinajstić information content (AvgIpc) is 2.67. The summed E-state index contributed by atoms with van der Waals surface area (Å²) in [5.41, 5.74) is 0.263. The number of carbonyl (C=O) groups is 1. The van der Waals surface area contributed by atoms with Crippen LogP contribution in [0.2, 0.25) is 0 Å². The second-order valence-electron chi connectivity index (χ2n) is 7.46. The molecule has 0 radical (unpaired) electrons. The molecule has 0 saturated carbocycles. The Morgan fingerprint density at radius 1 is 1.11 bits per heavy atom. The molecule has 2 aliphatic rings. The zero-order valence-electron chi connectivity index (χ0n) is 15.2. The highest BCUT2D eigenvalue weighted by molar-refractivity contribution is 5.98. The number of Topliss-reactive ketones (excluding diaryl/α,β-unsaturated/α-hetero) is 1. The summed E-state index contributed by atoms with van der Waals surface area (Å²) in [6.45, 7) is 1.86. The molecule has 2 saturated heterocycles. The minimum atomic E-state index is -4.56. The van der Waals surface area contributed by atoms with Gasteiger partial charge < -0.3 is 4.74 Å². The van der Waals surface area contributed by atoms with Crippen LogP contribution < -0.4 is 0 Å². The number of benzene rings is 1. The maximum atomic E-state index is 12.9. The van der Waals surface area contributed by atoms with Gasteiger partial charge in [0.1, 0.15) is 5.69 Å². The zero-order valence-corrected chi connectivity index (χ0v) is 15.2. The summed E-state index contributed by atoms with van der Waals surface area (Å²) in [5.74, 6) is -0.529. The van der Waals surface area contributed by atoms with E-state index in [1.807, 2.05) is 18.2 Å². The van der Waals surface area contributed by atoms with Crippen LogP contribution in [0.15, 0.2) is 48.7 Å². The molecule has 0 aliphatic carbocycles. The molecule has 0 amide bonds. The number of fused-ring (bicyclic) bond motifs is 2. The molecule has 2 aliphatic heterocycles. The van der Waals surface area contributed by atoms with E-state index < -0.39 is 11.9 Å². The van der Waals surface area contributed by atoms with Crippen LogP contribution in [0.5, 0.6) is 0 Å². The monoisotopic (exact) mass is 390 g/mol. The van der Waals surface area contributed by atoms with Gasteiger partial charge in [-0.15, -0.1) is 0 Å². The highest BCUT2D eigenvalue weighted by Crippen LogP contribution is 2.35. The van der Waals surface area contributed by atoms with Gasteiger partial charge in [0.05, 0.1) is 13.2 Å². The van der Waals surface area contributed by atoms with E-state index in [1.54, 1.807) is 0 Å². The van der Waals surface area contributed by atoms with Gasteiger partial charge in [-0.2, -0.15) is 13.2 Å². The van der Waals surface area contributed by atoms with Crippen molar-refractivity contribution in [3.05, 3.63) is 65.5 Å². The molecule has 2 atom stereocenters. The first kappa shape index (κ1) is 19.1. The molecule has 4 nitrogen and oxygen atoms in total. The maximum Gasteiger partial charge on any atom is 0.433 e. The van der Waals surface area contributed by atoms with Gasteiger partial charge in [-0.25, -0.2) is 0 Å². The number of ether oxygens (including phenoxy) is 1. The second kappa shape index (κ2) is 7.64. The Morgan fingerprint density at radius 2 is 1.79 bits per heavy atom. The lowest BCUT2D eigenvalue weighted by Gasteiger charge is -2.48. The van der Waals surface area contributed by atoms with E-state index in [0.717, 1.165) is 18.8 Å². The topological polar surface area (TPSA) is 42.4 Å². The van der Waals surface area contributed by atoms with Crippen molar-refractivity contribution in [3.63, 3.8) is 0 Å². The first-order chi connectivity index (χ1) is 13.4. The van der Waals surface area contributed by atoms with E-state index >= 15 is 0 Å². The third kappa shape index (κ3) is 3.95. The predicted octanol–water partition coefficient (Wildman–Crippen LogP) is 3.96. The Kier molecular flexibility index (Phi) is 5.21. The number of piperidine rings is 1. The quantitative estimate of drug-likeness (QED) is 0.741. The molecule has 1 aromatic carbocycles. The predicted molar refractivity (Wildman–Crippen MR) is 96.7 cm³/mol. The van der Waals surface area contributed by atoms with E-state index in [0.29, 0.717) is 26.1 Å². The third-order valence-corrected chi connectivity index (χ3v) is 5.59. The lowest BCUT2D eigenvalue weighted by atomic mass is 9.80. The summed E-state index contributed by atoms with van der Waals surface area (Å²) in [6, 6.07) is 12.5. The van der Waals surface area contributed by atoms with Gasteiger partial charge in [0.2, 0.25) is 0 Å². The number of halogens is 3. The minimum absolute atomic E-state index is 0.0860. The van der Waals surface area contributed by atoms with E-state index in [9.17, 15) is 18.0 Å². The van der Waals surface area contributed by atoms with Crippen molar-refractivity contribution in [2.75, 3.05) is 13.2 Å². The number of hydrogen-bond acceptors (Lipinski definition) is 4. The second-order valence-corrected chi connectivity index (χ2v) is 7.46. The van der Waals surface area contributed by atoms with Gasteiger partial charge >= 0.3 is 6.18 Å². The smallest absolute Gasteiger partial charge is 0.378 e. The number of alkyl halides is 3. The summed E-state index contributed by atoms with van der Waals surface area (Å²) in [7, 11) is 0. The Bertz CT molecular complexity index is 827. The fourth-order valence-corrected chi connectivity index (χ4v) is 4.23. The van der Waals surface area contributed by atoms with Crippen molar-refractivity contribution >= 4 is 5.78 Å². The molecule has 2 fully saturated rings. The minimum Gasteiger partial charge on any atom is -0.378 e. The molecule has 3 heterocycles. The molecule has 2 unspecified atom stereocenters. The van der Waals surface area contributed by atoms with Gasteiger partial charge in [-0.05, 0) is 30.5 Å². The Balaban J connectivity index is 1.50. The number of aromatic nitrogens is 1. The van der Waals surface area contributed by atoms with Gasteiger partial charge in [0.25, 0.3) is 0 Å². The van der Waals surface area contributed by atoms with E-state index in [4.69, 9.17) is 4.74 Å². The molecule has 7 heteroatoms. The molecule has 4 rings (SSSR count). The third-order valence-electron chi connectivity index (χ3n) is 5.59. The van der Waals surface area contributed by atoms with Crippen LogP contribution in [-0.2, 0) is 17.5 Å². The largest absolute Gasteiger partial charge is 0.433 e. The van der Waals surface area contributed by atoms with Crippen molar-refractivity contribution in [3.8, 4) is 0 Å². The van der Waals surface area contributed by atoms with Gasteiger partial charge in [-0.1, -0.05) is 30.3 Å². The number of rotatable bonds is 4. The van der Waals surface area contributed by atoms with Crippen molar-refractivity contribution in [1.82, 2.24) is 9.88 Å². The Morgan fingerprint density at radius 3 is 2.43 bits per heavy atom. The van der Waals surface area contributed by atoms with Crippen LogP contribution in [0, 0.1) is 5.92 Å². The SMILES string of the molecule is O=C(c1ccnc(C(F)(F)F)c1)C1CC2COCC(C1)N2Cc1ccccc1. The van der Waals surface area contributed by atoms with Gasteiger partial charge in [0, 0.05) is 36.3 Å². The fourth-order valence-electron chi connectivity index (χ4n) is 4.23. The van der Waals surface area contributed by atoms with Crippen LogP contribution in [-0.4, -0.2) is 41.0 Å². The normalized spacial score (nSPS) is 25.5. The molecule has 1 aromatic heterocycles. The summed E-state index contributed by atoms with van der Waals surface area (Å²) < 4.78 is 44.5. The van der Waals surface area contributed by atoms with Crippen LogP contribution in [0.3, 0.4) is 0 Å². The molecule has 0 N–H and O–H groups in total. The standard InChI is InChI=1S/C21H21F3N2O2/c22-21(23,24)19-10-15(6-7-25-19)20(27)16-8-17-12-28-13-18(9-16)26(17)11-14-4-2-1-3-5-14/h1-7,10,16-18H,8-9,11-13H2. The Labute approximate surface area is 161 Å². The average molecular weight is 390 g/mol. The van der Waals surface area contributed by atoms with Crippen LogP contribution in [0.1, 0.15) is 34.5 Å². The van der Waals surface area contributed by atoms with Crippen molar-refractivity contribution in [2.24, 2.45) is 5.92 Å². The number of hydrogen-bond donors (Lipinski definition) is 0. The lowest BCUT2D eigenvalue weighted by Crippen LogP contribution is -2.57. The van der Waals surface area contributed by atoms with Crippen molar-refractivity contribution < 1.29 is 22.7 Å². The first-order valence-electron chi connectivity index (χ1n) is 9.36. The number of nitrogens with zero attached hydrogens (tertiary/aromatic N) is 2. The molecule has 148 valence electrons.